The number of nitrogens with zero attached hydrogens (tertiary/aromatic N) is 2. The third-order valence-electron chi connectivity index (χ3n) is 2.58. The fourth-order valence-electron chi connectivity index (χ4n) is 1.71. The van der Waals surface area contributed by atoms with Gasteiger partial charge in [0.1, 0.15) is 0 Å². The molecular weight excluding hydrogens is 136 g/mol. The number of hydrogen-bond donors (Lipinski definition) is 0. The van der Waals surface area contributed by atoms with Gasteiger partial charge in [0, 0.05) is 17.8 Å². The van der Waals surface area contributed by atoms with E-state index in [4.69, 9.17) is 0 Å². The molecule has 1 aromatic heterocycles. The Morgan fingerprint density at radius 3 is 3.09 bits per heavy atom. The molecule has 1 spiro atoms. The van der Waals surface area contributed by atoms with Crippen LogP contribution in [-0.4, -0.2) is 11.2 Å². The second-order valence-electron chi connectivity index (χ2n) is 3.31. The Morgan fingerprint density at radius 2 is 2.27 bits per heavy atom. The minimum Gasteiger partial charge on any atom is -0.262 e. The highest BCUT2D eigenvalue weighted by Gasteiger charge is 2.46. The molecule has 1 aliphatic heterocycles. The summed E-state index contributed by atoms with van der Waals surface area (Å²) >= 11 is 0. The molecule has 0 aromatic carbocycles. The molecule has 0 radical (unpaired) electrons. The number of aliphatic imine (C=N–C) groups is 1. The minimum atomic E-state index is 0.346. The van der Waals surface area contributed by atoms with E-state index in [0.717, 1.165) is 5.69 Å². The van der Waals surface area contributed by atoms with Gasteiger partial charge in [-0.3, -0.25) is 9.98 Å². The highest BCUT2D eigenvalue weighted by molar-refractivity contribution is 5.87. The van der Waals surface area contributed by atoms with E-state index in [9.17, 15) is 0 Å². The molecule has 3 rings (SSSR count). The summed E-state index contributed by atoms with van der Waals surface area (Å²) in [6, 6.07) is 2.09. The predicted octanol–water partition coefficient (Wildman–Crippen LogP) is 1.83. The van der Waals surface area contributed by atoms with Crippen LogP contribution in [0.4, 0.5) is 5.69 Å². The first-order valence-electron chi connectivity index (χ1n) is 3.90. The van der Waals surface area contributed by atoms with E-state index >= 15 is 0 Å². The number of fused-ring (bicyclic) bond motifs is 2. The molecule has 54 valence electrons. The lowest BCUT2D eigenvalue weighted by atomic mass is 10.0. The molecule has 2 nitrogen and oxygen atoms in total. The largest absolute Gasteiger partial charge is 0.262 e. The number of aromatic nitrogens is 1. The summed E-state index contributed by atoms with van der Waals surface area (Å²) in [5.74, 6) is 0. The van der Waals surface area contributed by atoms with E-state index in [0.29, 0.717) is 5.41 Å². The summed E-state index contributed by atoms with van der Waals surface area (Å²) in [7, 11) is 0. The Labute approximate surface area is 65.0 Å². The molecule has 1 aromatic rings. The fraction of sp³-hybridized carbons (Fsp3) is 0.333. The van der Waals surface area contributed by atoms with Crippen molar-refractivity contribution in [1.29, 1.82) is 0 Å². The van der Waals surface area contributed by atoms with Crippen molar-refractivity contribution in [2.45, 2.75) is 18.3 Å². The van der Waals surface area contributed by atoms with Crippen LogP contribution in [0.25, 0.3) is 0 Å². The maximum Gasteiger partial charge on any atom is 0.0850 e. The molecule has 2 heteroatoms. The standard InChI is InChI=1S/C9H8N2/c1-4-10-5-8-7(1)9(2-3-9)6-11-8/h1,4-6H,2-3H2. The van der Waals surface area contributed by atoms with Crippen molar-refractivity contribution in [2.75, 3.05) is 0 Å². The molecule has 0 unspecified atom stereocenters. The zero-order valence-electron chi connectivity index (χ0n) is 6.12. The van der Waals surface area contributed by atoms with Crippen LogP contribution < -0.4 is 0 Å². The average Bonchev–Trinajstić information content (AvgIpc) is 2.72. The van der Waals surface area contributed by atoms with Gasteiger partial charge in [0.2, 0.25) is 0 Å². The van der Waals surface area contributed by atoms with Crippen molar-refractivity contribution in [1.82, 2.24) is 4.98 Å². The molecule has 2 aliphatic rings. The Kier molecular flexibility index (Phi) is 0.757. The smallest absolute Gasteiger partial charge is 0.0850 e. The van der Waals surface area contributed by atoms with Gasteiger partial charge in [-0.2, -0.15) is 0 Å². The molecule has 1 fully saturated rings. The zero-order chi connectivity index (χ0) is 7.31. The fourth-order valence-corrected chi connectivity index (χ4v) is 1.71. The van der Waals surface area contributed by atoms with Crippen molar-refractivity contribution < 1.29 is 0 Å². The lowest BCUT2D eigenvalue weighted by Crippen LogP contribution is -2.02. The lowest BCUT2D eigenvalue weighted by Gasteiger charge is -2.02. The van der Waals surface area contributed by atoms with Crippen LogP contribution in [-0.2, 0) is 5.41 Å². The van der Waals surface area contributed by atoms with Crippen molar-refractivity contribution in [3.05, 3.63) is 24.0 Å². The molecule has 11 heavy (non-hydrogen) atoms. The van der Waals surface area contributed by atoms with E-state index in [1.165, 1.54) is 18.4 Å². The van der Waals surface area contributed by atoms with Crippen LogP contribution >= 0.6 is 0 Å². The Bertz CT molecular complexity index is 337. The summed E-state index contributed by atoms with van der Waals surface area (Å²) in [6.45, 7) is 0. The molecule has 1 aliphatic carbocycles. The Morgan fingerprint density at radius 1 is 1.36 bits per heavy atom. The van der Waals surface area contributed by atoms with Crippen molar-refractivity contribution in [3.63, 3.8) is 0 Å². The second kappa shape index (κ2) is 1.52. The third kappa shape index (κ3) is 0.570. The first-order chi connectivity index (χ1) is 5.41. The van der Waals surface area contributed by atoms with Crippen molar-refractivity contribution in [2.24, 2.45) is 4.99 Å². The summed E-state index contributed by atoms with van der Waals surface area (Å²) in [4.78, 5) is 8.36. The quantitative estimate of drug-likeness (QED) is 0.545. The number of hydrogen-bond acceptors (Lipinski definition) is 2. The molecule has 1 saturated carbocycles. The summed E-state index contributed by atoms with van der Waals surface area (Å²) in [5, 5.41) is 0. The van der Waals surface area contributed by atoms with E-state index in [1.54, 1.807) is 0 Å². The van der Waals surface area contributed by atoms with Gasteiger partial charge in [0.15, 0.2) is 0 Å². The van der Waals surface area contributed by atoms with Gasteiger partial charge in [0.05, 0.1) is 11.9 Å². The topological polar surface area (TPSA) is 25.2 Å². The van der Waals surface area contributed by atoms with Gasteiger partial charge in [-0.25, -0.2) is 0 Å². The first kappa shape index (κ1) is 5.47. The maximum absolute atomic E-state index is 4.33. The van der Waals surface area contributed by atoms with Crippen LogP contribution in [0.5, 0.6) is 0 Å². The molecule has 0 atom stereocenters. The SMILES string of the molecule is C1=Nc2cnccc2C12CC2. The van der Waals surface area contributed by atoms with Gasteiger partial charge in [0.25, 0.3) is 0 Å². The van der Waals surface area contributed by atoms with E-state index in [2.05, 4.69) is 22.3 Å². The van der Waals surface area contributed by atoms with Crippen molar-refractivity contribution in [3.8, 4) is 0 Å². The molecule has 0 saturated heterocycles. The first-order valence-corrected chi connectivity index (χ1v) is 3.90. The molecule has 0 N–H and O–H groups in total. The van der Waals surface area contributed by atoms with Gasteiger partial charge in [-0.1, -0.05) is 0 Å². The number of rotatable bonds is 0. The Hall–Kier alpha value is -1.18. The van der Waals surface area contributed by atoms with Gasteiger partial charge < -0.3 is 0 Å². The van der Waals surface area contributed by atoms with Gasteiger partial charge in [-0.15, -0.1) is 0 Å². The second-order valence-corrected chi connectivity index (χ2v) is 3.31. The maximum atomic E-state index is 4.33. The number of pyridine rings is 1. The van der Waals surface area contributed by atoms with Crippen LogP contribution in [0.15, 0.2) is 23.5 Å². The van der Waals surface area contributed by atoms with Crippen LogP contribution in [0.1, 0.15) is 18.4 Å². The highest BCUT2D eigenvalue weighted by Crippen LogP contribution is 2.52. The Balaban J connectivity index is 2.28. The van der Waals surface area contributed by atoms with Gasteiger partial charge >= 0.3 is 0 Å². The van der Waals surface area contributed by atoms with Crippen molar-refractivity contribution >= 4 is 11.9 Å². The predicted molar refractivity (Wildman–Crippen MR) is 43.3 cm³/mol. The summed E-state index contributed by atoms with van der Waals surface area (Å²) in [6.07, 6.45) is 8.33. The van der Waals surface area contributed by atoms with E-state index in [-0.39, 0.29) is 0 Å². The average molecular weight is 144 g/mol. The molecular formula is C9H8N2. The van der Waals surface area contributed by atoms with E-state index < -0.39 is 0 Å². The lowest BCUT2D eigenvalue weighted by molar-refractivity contribution is 0.998. The van der Waals surface area contributed by atoms with Gasteiger partial charge in [-0.05, 0) is 24.5 Å². The van der Waals surface area contributed by atoms with Crippen LogP contribution in [0.3, 0.4) is 0 Å². The normalized spacial score (nSPS) is 22.2. The summed E-state index contributed by atoms with van der Waals surface area (Å²) in [5.41, 5.74) is 2.80. The highest BCUT2D eigenvalue weighted by atomic mass is 14.8. The molecule has 2 heterocycles. The minimum absolute atomic E-state index is 0.346. The summed E-state index contributed by atoms with van der Waals surface area (Å²) < 4.78 is 0. The van der Waals surface area contributed by atoms with E-state index in [1.807, 2.05) is 12.4 Å². The molecule has 0 amide bonds. The zero-order valence-corrected chi connectivity index (χ0v) is 6.12. The van der Waals surface area contributed by atoms with Crippen LogP contribution in [0, 0.1) is 0 Å². The molecule has 0 bridgehead atoms. The third-order valence-corrected chi connectivity index (χ3v) is 2.58. The monoisotopic (exact) mass is 144 g/mol. The van der Waals surface area contributed by atoms with Crippen LogP contribution in [0.2, 0.25) is 0 Å².